The van der Waals surface area contributed by atoms with Crippen LogP contribution in [0.5, 0.6) is 17.2 Å². The van der Waals surface area contributed by atoms with Gasteiger partial charge in [-0.05, 0) is 95.6 Å². The molecule has 1 aromatic carbocycles. The van der Waals surface area contributed by atoms with Crippen molar-refractivity contribution in [3.05, 3.63) is 45.9 Å². The molecule has 214 valence electrons. The number of carbonyl (C=O) groups is 2. The van der Waals surface area contributed by atoms with Crippen LogP contribution >= 0.6 is 11.8 Å². The lowest BCUT2D eigenvalue weighted by Gasteiger charge is -2.26. The van der Waals surface area contributed by atoms with Crippen molar-refractivity contribution in [2.75, 3.05) is 20.5 Å². The lowest BCUT2D eigenvalue weighted by atomic mass is 9.91. The Bertz CT molecular complexity index is 1200. The fraction of sp³-hybridized carbons (Fsp3) is 0.517. The molecule has 0 aromatic heterocycles. The van der Waals surface area contributed by atoms with E-state index in [9.17, 15) is 14.7 Å². The Balaban J connectivity index is 2.17. The Labute approximate surface area is 234 Å². The van der Waals surface area contributed by atoms with Gasteiger partial charge in [-0.3, -0.25) is 0 Å². The number of hydrogen-bond donors (Lipinski definition) is 2. The first kappa shape index (κ1) is 30.4. The van der Waals surface area contributed by atoms with Crippen LogP contribution in [-0.4, -0.2) is 61.2 Å². The van der Waals surface area contributed by atoms with Gasteiger partial charge in [-0.25, -0.2) is 9.59 Å². The molecule has 0 heterocycles. The first-order chi connectivity index (χ1) is 18.2. The molecular weight excluding hydrogens is 522 g/mol. The minimum atomic E-state index is -0.870. The number of aryl methyl sites for hydroxylation is 1. The van der Waals surface area contributed by atoms with Crippen LogP contribution in [-0.2, 0) is 15.9 Å². The molecule has 0 spiro atoms. The first-order valence-electron chi connectivity index (χ1n) is 12.7. The maximum Gasteiger partial charge on any atom is 0.514 e. The van der Waals surface area contributed by atoms with Crippen molar-refractivity contribution in [1.29, 1.82) is 0 Å². The van der Waals surface area contributed by atoms with Gasteiger partial charge in [0.1, 0.15) is 17.3 Å². The SMILES string of the molecule is COc1c(OC(=O)OC(C)(C)C)cc2c(c1OC)C1=CC=C(SC)C(O)C=C1C(NC(=O)OC(C)(C)C)CC2. The van der Waals surface area contributed by atoms with Crippen molar-refractivity contribution in [1.82, 2.24) is 5.32 Å². The number of carbonyl (C=O) groups excluding carboxylic acids is 2. The van der Waals surface area contributed by atoms with E-state index in [1.165, 1.54) is 26.0 Å². The highest BCUT2D eigenvalue weighted by atomic mass is 32.2. The number of nitrogens with one attached hydrogen (secondary N) is 1. The van der Waals surface area contributed by atoms with Crippen LogP contribution < -0.4 is 19.5 Å². The zero-order valence-electron chi connectivity index (χ0n) is 24.1. The van der Waals surface area contributed by atoms with E-state index in [0.29, 0.717) is 24.2 Å². The fourth-order valence-electron chi connectivity index (χ4n) is 4.46. The fourth-order valence-corrected chi connectivity index (χ4v) is 4.98. The predicted octanol–water partition coefficient (Wildman–Crippen LogP) is 5.79. The van der Waals surface area contributed by atoms with Crippen molar-refractivity contribution in [3.8, 4) is 17.2 Å². The van der Waals surface area contributed by atoms with Gasteiger partial charge in [-0.2, -0.15) is 0 Å². The van der Waals surface area contributed by atoms with E-state index >= 15 is 0 Å². The molecule has 2 unspecified atom stereocenters. The molecule has 0 aliphatic heterocycles. The van der Waals surface area contributed by atoms with Crippen LogP contribution in [0, 0.1) is 0 Å². The number of alkyl carbamates (subject to hydrolysis) is 1. The van der Waals surface area contributed by atoms with Gasteiger partial charge in [0, 0.05) is 10.5 Å². The smallest absolute Gasteiger partial charge is 0.492 e. The summed E-state index contributed by atoms with van der Waals surface area (Å²) in [5.41, 5.74) is 1.57. The molecule has 10 heteroatoms. The molecule has 39 heavy (non-hydrogen) atoms. The summed E-state index contributed by atoms with van der Waals surface area (Å²) >= 11 is 1.44. The molecule has 0 radical (unpaired) electrons. The van der Waals surface area contributed by atoms with E-state index < -0.39 is 35.6 Å². The molecule has 0 saturated heterocycles. The standard InChI is InChI=1S/C29H39NO8S/c1-28(2,3)37-26(32)30-19-12-10-16-14-21(36-27(33)38-29(4,5)6)24(34-7)25(35-8)23(16)17-11-13-22(39-9)20(31)15-18(17)19/h11,13-15,19-20,31H,10,12H2,1-9H3,(H,30,32). The molecule has 0 fully saturated rings. The molecule has 3 rings (SSSR count). The van der Waals surface area contributed by atoms with Gasteiger partial charge in [0.15, 0.2) is 11.5 Å². The van der Waals surface area contributed by atoms with Crippen molar-refractivity contribution in [2.45, 2.75) is 77.7 Å². The van der Waals surface area contributed by atoms with Crippen LogP contribution in [0.15, 0.2) is 34.8 Å². The highest BCUT2D eigenvalue weighted by Crippen LogP contribution is 2.49. The summed E-state index contributed by atoms with van der Waals surface area (Å²) in [4.78, 5) is 26.1. The molecule has 2 aliphatic carbocycles. The van der Waals surface area contributed by atoms with Gasteiger partial charge >= 0.3 is 12.2 Å². The van der Waals surface area contributed by atoms with Crippen LogP contribution in [0.25, 0.3) is 5.57 Å². The Hall–Kier alpha value is -3.11. The molecule has 0 bridgehead atoms. The summed E-state index contributed by atoms with van der Waals surface area (Å²) in [5, 5.41) is 13.9. The second-order valence-electron chi connectivity index (χ2n) is 11.2. The van der Waals surface area contributed by atoms with Gasteiger partial charge in [0.05, 0.1) is 20.3 Å². The zero-order chi connectivity index (χ0) is 29.1. The Morgan fingerprint density at radius 2 is 1.64 bits per heavy atom. The number of hydrogen-bond acceptors (Lipinski definition) is 9. The minimum absolute atomic E-state index is 0.154. The summed E-state index contributed by atoms with van der Waals surface area (Å²) in [6.45, 7) is 10.6. The van der Waals surface area contributed by atoms with Gasteiger partial charge < -0.3 is 34.1 Å². The third-order valence-corrected chi connectivity index (χ3v) is 6.75. The van der Waals surface area contributed by atoms with E-state index in [-0.39, 0.29) is 11.5 Å². The molecule has 0 saturated carbocycles. The zero-order valence-corrected chi connectivity index (χ0v) is 24.9. The minimum Gasteiger partial charge on any atom is -0.492 e. The van der Waals surface area contributed by atoms with Crippen LogP contribution in [0.4, 0.5) is 9.59 Å². The van der Waals surface area contributed by atoms with Crippen LogP contribution in [0.1, 0.15) is 59.1 Å². The quantitative estimate of drug-likeness (QED) is 0.341. The number of aliphatic hydroxyl groups excluding tert-OH is 1. The van der Waals surface area contributed by atoms with Crippen molar-refractivity contribution in [3.63, 3.8) is 0 Å². The second-order valence-corrected chi connectivity index (χ2v) is 12.1. The highest BCUT2D eigenvalue weighted by molar-refractivity contribution is 8.02. The number of fused-ring (bicyclic) bond motifs is 3. The molecule has 2 atom stereocenters. The number of allylic oxidation sites excluding steroid dienone is 2. The highest BCUT2D eigenvalue weighted by Gasteiger charge is 2.34. The van der Waals surface area contributed by atoms with Crippen molar-refractivity contribution in [2.24, 2.45) is 0 Å². The predicted molar refractivity (Wildman–Crippen MR) is 152 cm³/mol. The monoisotopic (exact) mass is 561 g/mol. The largest absolute Gasteiger partial charge is 0.514 e. The number of thioether (sulfide) groups is 1. The van der Waals surface area contributed by atoms with E-state index in [4.69, 9.17) is 23.7 Å². The molecule has 2 aliphatic rings. The maximum atomic E-state index is 12.8. The topological polar surface area (TPSA) is 113 Å². The molecule has 9 nitrogen and oxygen atoms in total. The van der Waals surface area contributed by atoms with Gasteiger partial charge in [0.25, 0.3) is 0 Å². The summed E-state index contributed by atoms with van der Waals surface area (Å²) in [7, 11) is 2.97. The van der Waals surface area contributed by atoms with Gasteiger partial charge in [0.2, 0.25) is 5.75 Å². The summed E-state index contributed by atoms with van der Waals surface area (Å²) in [5.74, 6) is 0.736. The van der Waals surface area contributed by atoms with E-state index in [0.717, 1.165) is 21.6 Å². The van der Waals surface area contributed by atoms with Gasteiger partial charge in [-0.1, -0.05) is 6.08 Å². The number of ether oxygens (including phenoxy) is 5. The molecule has 2 N–H and O–H groups in total. The van der Waals surface area contributed by atoms with Crippen LogP contribution in [0.3, 0.4) is 0 Å². The maximum absolute atomic E-state index is 12.8. The lowest BCUT2D eigenvalue weighted by Crippen LogP contribution is -2.40. The molecule has 1 aromatic rings. The summed E-state index contributed by atoms with van der Waals surface area (Å²) < 4.78 is 28.0. The van der Waals surface area contributed by atoms with E-state index in [1.54, 1.807) is 53.7 Å². The number of rotatable bonds is 5. The third kappa shape index (κ3) is 7.51. The van der Waals surface area contributed by atoms with Gasteiger partial charge in [-0.15, -0.1) is 11.8 Å². The Morgan fingerprint density at radius 3 is 2.21 bits per heavy atom. The van der Waals surface area contributed by atoms with Crippen LogP contribution in [0.2, 0.25) is 0 Å². The Morgan fingerprint density at radius 1 is 1.00 bits per heavy atom. The van der Waals surface area contributed by atoms with Crippen molar-refractivity contribution >= 4 is 29.6 Å². The molecular formula is C29H39NO8S. The lowest BCUT2D eigenvalue weighted by molar-refractivity contribution is 0.0199. The third-order valence-electron chi connectivity index (χ3n) is 5.90. The average Bonchev–Trinajstić information content (AvgIpc) is 3.04. The number of benzene rings is 1. The number of aliphatic hydroxyl groups is 1. The number of amides is 1. The molecule has 1 amide bonds. The summed E-state index contributed by atoms with van der Waals surface area (Å²) in [6.07, 6.45) is 6.07. The second kappa shape index (κ2) is 12.0. The normalized spacial score (nSPS) is 19.1. The van der Waals surface area contributed by atoms with E-state index in [2.05, 4.69) is 5.32 Å². The van der Waals surface area contributed by atoms with E-state index in [1.807, 2.05) is 18.4 Å². The number of methoxy groups -OCH3 is 2. The van der Waals surface area contributed by atoms with Crippen molar-refractivity contribution < 1.29 is 38.4 Å². The Kier molecular flexibility index (Phi) is 9.33. The summed E-state index contributed by atoms with van der Waals surface area (Å²) in [6, 6.07) is 1.25. The first-order valence-corrected chi connectivity index (χ1v) is 13.9. The average molecular weight is 562 g/mol.